The number of hydrogen-bond donors (Lipinski definition) is 2. The van der Waals surface area contributed by atoms with Crippen molar-refractivity contribution >= 4 is 17.0 Å². The van der Waals surface area contributed by atoms with Crippen LogP contribution in [0.5, 0.6) is 0 Å². The summed E-state index contributed by atoms with van der Waals surface area (Å²) in [6.45, 7) is 2.65. The number of carbonyl (C=O) groups is 1. The lowest BCUT2D eigenvalue weighted by molar-refractivity contribution is 0.0697. The third kappa shape index (κ3) is 2.08. The van der Waals surface area contributed by atoms with E-state index in [4.69, 9.17) is 5.11 Å². The van der Waals surface area contributed by atoms with Crippen molar-refractivity contribution in [1.29, 1.82) is 0 Å². The summed E-state index contributed by atoms with van der Waals surface area (Å²) in [5, 5.41) is 8.92. The number of aromatic amines is 1. The van der Waals surface area contributed by atoms with Gasteiger partial charge in [0.05, 0.1) is 16.6 Å². The van der Waals surface area contributed by atoms with E-state index in [2.05, 4.69) is 4.98 Å². The van der Waals surface area contributed by atoms with E-state index in [9.17, 15) is 9.59 Å². The number of H-pyrrole nitrogens is 1. The number of imidazole rings is 1. The number of nitrogens with one attached hydrogen (secondary N) is 1. The second kappa shape index (κ2) is 4.45. The summed E-state index contributed by atoms with van der Waals surface area (Å²) in [4.78, 5) is 25.3. The molecule has 0 aliphatic carbocycles. The molecule has 0 radical (unpaired) electrons. The molecule has 0 saturated carbocycles. The van der Waals surface area contributed by atoms with E-state index in [0.717, 1.165) is 12.8 Å². The molecule has 0 spiro atoms. The molecule has 2 N–H and O–H groups in total. The molecule has 0 saturated heterocycles. The Hall–Kier alpha value is -2.04. The number of hydrogen-bond acceptors (Lipinski definition) is 2. The topological polar surface area (TPSA) is 75.1 Å². The highest BCUT2D eigenvalue weighted by Crippen LogP contribution is 2.13. The third-order valence-corrected chi connectivity index (χ3v) is 2.76. The minimum atomic E-state index is -0.984. The van der Waals surface area contributed by atoms with Crippen molar-refractivity contribution in [3.05, 3.63) is 34.2 Å². The lowest BCUT2D eigenvalue weighted by atomic mass is 10.2. The first-order valence-electron chi connectivity index (χ1n) is 5.59. The molecule has 2 aromatic rings. The molecule has 0 bridgehead atoms. The van der Waals surface area contributed by atoms with Crippen LogP contribution >= 0.6 is 0 Å². The first-order chi connectivity index (χ1) is 8.13. The molecule has 0 atom stereocenters. The van der Waals surface area contributed by atoms with E-state index in [1.807, 2.05) is 6.92 Å². The molecule has 5 heteroatoms. The first-order valence-corrected chi connectivity index (χ1v) is 5.59. The molecule has 1 aromatic carbocycles. The van der Waals surface area contributed by atoms with Crippen LogP contribution in [0.2, 0.25) is 0 Å². The molecule has 0 unspecified atom stereocenters. The molecule has 1 aromatic heterocycles. The smallest absolute Gasteiger partial charge is 0.335 e. The van der Waals surface area contributed by atoms with Gasteiger partial charge in [0, 0.05) is 6.54 Å². The van der Waals surface area contributed by atoms with E-state index in [1.165, 1.54) is 12.1 Å². The number of carboxylic acid groups (broad SMARTS) is 1. The highest BCUT2D eigenvalue weighted by Gasteiger charge is 2.09. The van der Waals surface area contributed by atoms with Crippen LogP contribution in [0.25, 0.3) is 11.0 Å². The Morgan fingerprint density at radius 2 is 2.24 bits per heavy atom. The van der Waals surface area contributed by atoms with Crippen LogP contribution in [0.15, 0.2) is 23.0 Å². The van der Waals surface area contributed by atoms with Crippen molar-refractivity contribution in [1.82, 2.24) is 9.55 Å². The van der Waals surface area contributed by atoms with Crippen LogP contribution in [-0.4, -0.2) is 20.6 Å². The number of nitrogens with zero attached hydrogens (tertiary/aromatic N) is 1. The Bertz CT molecular complexity index is 610. The van der Waals surface area contributed by atoms with Gasteiger partial charge in [-0.3, -0.25) is 4.57 Å². The van der Waals surface area contributed by atoms with E-state index in [1.54, 1.807) is 10.6 Å². The van der Waals surface area contributed by atoms with Crippen molar-refractivity contribution in [2.75, 3.05) is 0 Å². The SMILES string of the molecule is CCCCn1c(=O)[nH]c2ccc(C(=O)O)cc21. The number of rotatable bonds is 4. The summed E-state index contributed by atoms with van der Waals surface area (Å²) in [5.74, 6) is -0.984. The molecule has 1 heterocycles. The van der Waals surface area contributed by atoms with Gasteiger partial charge in [0.25, 0.3) is 0 Å². The highest BCUT2D eigenvalue weighted by molar-refractivity contribution is 5.92. The van der Waals surface area contributed by atoms with Gasteiger partial charge in [-0.1, -0.05) is 13.3 Å². The fraction of sp³-hybridized carbons (Fsp3) is 0.333. The Kier molecular flexibility index (Phi) is 2.99. The van der Waals surface area contributed by atoms with Crippen molar-refractivity contribution in [2.24, 2.45) is 0 Å². The lowest BCUT2D eigenvalue weighted by Gasteiger charge is -2.02. The van der Waals surface area contributed by atoms with E-state index < -0.39 is 5.97 Å². The van der Waals surface area contributed by atoms with Crippen molar-refractivity contribution < 1.29 is 9.90 Å². The molecule has 0 aliphatic heterocycles. The van der Waals surface area contributed by atoms with Crippen LogP contribution in [0.1, 0.15) is 30.1 Å². The van der Waals surface area contributed by atoms with Gasteiger partial charge in [-0.2, -0.15) is 0 Å². The maximum Gasteiger partial charge on any atom is 0.335 e. The van der Waals surface area contributed by atoms with Gasteiger partial charge in [-0.05, 0) is 24.6 Å². The van der Waals surface area contributed by atoms with Crippen LogP contribution in [0.4, 0.5) is 0 Å². The minimum Gasteiger partial charge on any atom is -0.478 e. The first kappa shape index (κ1) is 11.4. The summed E-state index contributed by atoms with van der Waals surface area (Å²) in [6, 6.07) is 4.65. The average Bonchev–Trinajstić information content (AvgIpc) is 2.61. The second-order valence-electron chi connectivity index (χ2n) is 3.97. The molecule has 0 aliphatic rings. The maximum atomic E-state index is 11.7. The largest absolute Gasteiger partial charge is 0.478 e. The maximum absolute atomic E-state index is 11.7. The molecular weight excluding hydrogens is 220 g/mol. The molecular formula is C12H14N2O3. The predicted octanol–water partition coefficient (Wildman–Crippen LogP) is 1.83. The molecule has 2 rings (SSSR count). The van der Waals surface area contributed by atoms with Crippen molar-refractivity contribution in [3.8, 4) is 0 Å². The van der Waals surface area contributed by atoms with E-state index in [-0.39, 0.29) is 11.3 Å². The highest BCUT2D eigenvalue weighted by atomic mass is 16.4. The van der Waals surface area contributed by atoms with Crippen molar-refractivity contribution in [3.63, 3.8) is 0 Å². The molecule has 0 amide bonds. The normalized spacial score (nSPS) is 10.9. The van der Waals surface area contributed by atoms with Gasteiger partial charge < -0.3 is 10.1 Å². The van der Waals surface area contributed by atoms with Crippen LogP contribution < -0.4 is 5.69 Å². The molecule has 0 fully saturated rings. The Labute approximate surface area is 97.7 Å². The van der Waals surface area contributed by atoms with E-state index in [0.29, 0.717) is 17.6 Å². The monoisotopic (exact) mass is 234 g/mol. The molecule has 17 heavy (non-hydrogen) atoms. The van der Waals surface area contributed by atoms with Gasteiger partial charge in [-0.25, -0.2) is 9.59 Å². The number of unbranched alkanes of at least 4 members (excludes halogenated alkanes) is 1. The Morgan fingerprint density at radius 3 is 2.88 bits per heavy atom. The van der Waals surface area contributed by atoms with Crippen LogP contribution in [0.3, 0.4) is 0 Å². The average molecular weight is 234 g/mol. The minimum absolute atomic E-state index is 0.184. The fourth-order valence-corrected chi connectivity index (χ4v) is 1.82. The zero-order valence-electron chi connectivity index (χ0n) is 9.56. The standard InChI is InChI=1S/C12H14N2O3/c1-2-3-6-14-10-7-8(11(15)16)4-5-9(10)13-12(14)17/h4-5,7H,2-3,6H2,1H3,(H,13,17)(H,15,16). The Balaban J connectivity index is 2.57. The number of fused-ring (bicyclic) bond motifs is 1. The van der Waals surface area contributed by atoms with Crippen LogP contribution in [0, 0.1) is 0 Å². The van der Waals surface area contributed by atoms with Gasteiger partial charge in [0.2, 0.25) is 0 Å². The van der Waals surface area contributed by atoms with Crippen molar-refractivity contribution in [2.45, 2.75) is 26.3 Å². The van der Waals surface area contributed by atoms with Crippen LogP contribution in [-0.2, 0) is 6.54 Å². The summed E-state index contributed by atoms with van der Waals surface area (Å²) in [7, 11) is 0. The third-order valence-electron chi connectivity index (χ3n) is 2.76. The zero-order chi connectivity index (χ0) is 12.4. The quantitative estimate of drug-likeness (QED) is 0.847. The molecule has 90 valence electrons. The second-order valence-corrected chi connectivity index (χ2v) is 3.97. The van der Waals surface area contributed by atoms with Gasteiger partial charge in [-0.15, -0.1) is 0 Å². The number of aryl methyl sites for hydroxylation is 1. The Morgan fingerprint density at radius 1 is 1.47 bits per heavy atom. The summed E-state index contributed by atoms with van der Waals surface area (Å²) >= 11 is 0. The number of aromatic nitrogens is 2. The van der Waals surface area contributed by atoms with Gasteiger partial charge >= 0.3 is 11.7 Å². The summed E-state index contributed by atoms with van der Waals surface area (Å²) < 4.78 is 1.59. The van der Waals surface area contributed by atoms with E-state index >= 15 is 0 Å². The number of aromatic carboxylic acids is 1. The van der Waals surface area contributed by atoms with Gasteiger partial charge in [0.1, 0.15) is 0 Å². The zero-order valence-corrected chi connectivity index (χ0v) is 9.56. The number of benzene rings is 1. The van der Waals surface area contributed by atoms with Gasteiger partial charge in [0.15, 0.2) is 0 Å². The summed E-state index contributed by atoms with van der Waals surface area (Å²) in [6.07, 6.45) is 1.88. The number of carboxylic acids is 1. The summed E-state index contributed by atoms with van der Waals surface area (Å²) in [5.41, 5.74) is 1.34. The predicted molar refractivity (Wildman–Crippen MR) is 64.4 cm³/mol. The lowest BCUT2D eigenvalue weighted by Crippen LogP contribution is -2.16. The fourth-order valence-electron chi connectivity index (χ4n) is 1.82. The molecule has 5 nitrogen and oxygen atoms in total.